The van der Waals surface area contributed by atoms with Gasteiger partial charge in [-0.2, -0.15) is 4.31 Å². The molecule has 1 unspecified atom stereocenters. The van der Waals surface area contributed by atoms with Crippen LogP contribution < -0.4 is 5.32 Å². The fraction of sp³-hybridized carbons (Fsp3) is 0.333. The predicted molar refractivity (Wildman–Crippen MR) is 109 cm³/mol. The van der Waals surface area contributed by atoms with Crippen LogP contribution in [-0.4, -0.2) is 43.9 Å². The van der Waals surface area contributed by atoms with Gasteiger partial charge in [0, 0.05) is 35.7 Å². The number of halogens is 1. The molecule has 8 nitrogen and oxygen atoms in total. The number of morpholine rings is 1. The van der Waals surface area contributed by atoms with E-state index in [9.17, 15) is 18.5 Å². The van der Waals surface area contributed by atoms with Gasteiger partial charge in [0.25, 0.3) is 5.69 Å². The summed E-state index contributed by atoms with van der Waals surface area (Å²) in [5.41, 5.74) is 0.988. The minimum absolute atomic E-state index is 0.109. The van der Waals surface area contributed by atoms with Gasteiger partial charge in [-0.3, -0.25) is 10.1 Å². The van der Waals surface area contributed by atoms with E-state index in [0.29, 0.717) is 18.9 Å². The second-order valence-electron chi connectivity index (χ2n) is 6.34. The van der Waals surface area contributed by atoms with Crippen LogP contribution >= 0.6 is 15.9 Å². The monoisotopic (exact) mass is 469 g/mol. The molecular weight excluding hydrogens is 450 g/mol. The molecule has 2 aromatic rings. The molecule has 0 spiro atoms. The summed E-state index contributed by atoms with van der Waals surface area (Å²) in [4.78, 5) is 10.5. The van der Waals surface area contributed by atoms with Gasteiger partial charge in [-0.05, 0) is 24.6 Å². The van der Waals surface area contributed by atoms with Crippen LogP contribution in [0.15, 0.2) is 51.8 Å². The van der Waals surface area contributed by atoms with E-state index in [1.165, 1.54) is 16.4 Å². The van der Waals surface area contributed by atoms with Crippen molar-refractivity contribution in [3.63, 3.8) is 0 Å². The number of non-ortho nitro benzene ring substituents is 1. The molecule has 150 valence electrons. The number of hydrogen-bond donors (Lipinski definition) is 1. The summed E-state index contributed by atoms with van der Waals surface area (Å²) in [7, 11) is -3.91. The Morgan fingerprint density at radius 1 is 1.21 bits per heavy atom. The maximum absolute atomic E-state index is 13.2. The molecule has 1 saturated heterocycles. The zero-order valence-electron chi connectivity index (χ0n) is 15.2. The van der Waals surface area contributed by atoms with Crippen molar-refractivity contribution in [1.29, 1.82) is 0 Å². The molecule has 1 fully saturated rings. The van der Waals surface area contributed by atoms with Gasteiger partial charge in [-0.25, -0.2) is 8.42 Å². The number of sulfonamides is 1. The summed E-state index contributed by atoms with van der Waals surface area (Å²) >= 11 is 3.49. The van der Waals surface area contributed by atoms with Crippen LogP contribution in [0, 0.1) is 10.1 Å². The Balaban J connectivity index is 2.01. The molecule has 2 aromatic carbocycles. The van der Waals surface area contributed by atoms with Crippen LogP contribution in [0.5, 0.6) is 0 Å². The van der Waals surface area contributed by atoms with Crippen molar-refractivity contribution in [2.45, 2.75) is 17.9 Å². The van der Waals surface area contributed by atoms with Gasteiger partial charge in [0.15, 0.2) is 0 Å². The largest absolute Gasteiger partial charge is 0.379 e. The molecule has 1 heterocycles. The summed E-state index contributed by atoms with van der Waals surface area (Å²) < 4.78 is 33.7. The summed E-state index contributed by atoms with van der Waals surface area (Å²) in [6.45, 7) is 2.91. The summed E-state index contributed by atoms with van der Waals surface area (Å²) in [5, 5.41) is 14.4. The fourth-order valence-electron chi connectivity index (χ4n) is 3.02. The van der Waals surface area contributed by atoms with Gasteiger partial charge in [-0.15, -0.1) is 0 Å². The van der Waals surface area contributed by atoms with Crippen LogP contribution in [0.4, 0.5) is 11.4 Å². The fourth-order valence-corrected chi connectivity index (χ4v) is 5.23. The number of nitro groups is 1. The lowest BCUT2D eigenvalue weighted by molar-refractivity contribution is -0.385. The minimum atomic E-state index is -3.91. The average Bonchev–Trinajstić information content (AvgIpc) is 2.69. The van der Waals surface area contributed by atoms with E-state index in [4.69, 9.17) is 4.74 Å². The Kier molecular flexibility index (Phi) is 6.33. The summed E-state index contributed by atoms with van der Waals surface area (Å²) in [5.74, 6) is 0. The van der Waals surface area contributed by atoms with Crippen molar-refractivity contribution in [2.24, 2.45) is 0 Å². The van der Waals surface area contributed by atoms with E-state index in [2.05, 4.69) is 21.2 Å². The molecule has 0 amide bonds. The lowest BCUT2D eigenvalue weighted by atomic mass is 10.1. The number of nitro benzene ring substituents is 1. The highest BCUT2D eigenvalue weighted by Crippen LogP contribution is 2.33. The van der Waals surface area contributed by atoms with Crippen molar-refractivity contribution in [3.05, 3.63) is 62.6 Å². The Morgan fingerprint density at radius 2 is 1.89 bits per heavy atom. The van der Waals surface area contributed by atoms with Crippen molar-refractivity contribution in [2.75, 3.05) is 31.6 Å². The number of anilines is 1. The van der Waals surface area contributed by atoms with E-state index in [1.807, 2.05) is 31.2 Å². The third-order valence-corrected chi connectivity index (χ3v) is 7.17. The maximum Gasteiger partial charge on any atom is 0.270 e. The SMILES string of the molecule is CC(Nc1ccc([N+](=O)[O-])cc1S(=O)(=O)N1CCOCC1)c1ccccc1Br. The smallest absolute Gasteiger partial charge is 0.270 e. The lowest BCUT2D eigenvalue weighted by Gasteiger charge is -2.27. The number of nitrogens with zero attached hydrogens (tertiary/aromatic N) is 2. The molecule has 0 radical (unpaired) electrons. The summed E-state index contributed by atoms with van der Waals surface area (Å²) in [6.07, 6.45) is 0. The van der Waals surface area contributed by atoms with Gasteiger partial charge in [0.2, 0.25) is 10.0 Å². The molecule has 0 bridgehead atoms. The van der Waals surface area contributed by atoms with E-state index >= 15 is 0 Å². The highest BCUT2D eigenvalue weighted by atomic mass is 79.9. The third kappa shape index (κ3) is 4.35. The number of hydrogen-bond acceptors (Lipinski definition) is 6. The maximum atomic E-state index is 13.2. The minimum Gasteiger partial charge on any atom is -0.379 e. The number of nitrogens with one attached hydrogen (secondary N) is 1. The van der Waals surface area contributed by atoms with Gasteiger partial charge in [0.1, 0.15) is 4.90 Å². The topological polar surface area (TPSA) is 102 Å². The first-order chi connectivity index (χ1) is 13.3. The van der Waals surface area contributed by atoms with Crippen LogP contribution in [0.2, 0.25) is 0 Å². The Bertz CT molecular complexity index is 977. The number of ether oxygens (including phenoxy) is 1. The molecule has 1 aliphatic heterocycles. The second-order valence-corrected chi connectivity index (χ2v) is 9.10. The standard InChI is InChI=1S/C18H20BrN3O5S/c1-13(15-4-2-3-5-16(15)19)20-17-7-6-14(22(23)24)12-18(17)28(25,26)21-8-10-27-11-9-21/h2-7,12-13,20H,8-11H2,1H3. The molecule has 3 rings (SSSR count). The number of benzene rings is 2. The highest BCUT2D eigenvalue weighted by Gasteiger charge is 2.30. The molecule has 0 aliphatic carbocycles. The normalized spacial score (nSPS) is 16.5. The first-order valence-electron chi connectivity index (χ1n) is 8.68. The van der Waals surface area contributed by atoms with Crippen molar-refractivity contribution in [1.82, 2.24) is 4.31 Å². The Hall–Kier alpha value is -2.01. The Morgan fingerprint density at radius 3 is 2.54 bits per heavy atom. The van der Waals surface area contributed by atoms with Gasteiger partial charge in [-0.1, -0.05) is 34.1 Å². The third-order valence-electron chi connectivity index (χ3n) is 4.51. The van der Waals surface area contributed by atoms with Gasteiger partial charge < -0.3 is 10.1 Å². The predicted octanol–water partition coefficient (Wildman–Crippen LogP) is 3.55. The second kappa shape index (κ2) is 8.56. The van der Waals surface area contributed by atoms with E-state index in [-0.39, 0.29) is 29.7 Å². The van der Waals surface area contributed by atoms with E-state index in [0.717, 1.165) is 16.1 Å². The zero-order valence-corrected chi connectivity index (χ0v) is 17.6. The summed E-state index contributed by atoms with van der Waals surface area (Å²) in [6, 6.07) is 11.2. The molecule has 1 N–H and O–H groups in total. The molecule has 10 heteroatoms. The van der Waals surface area contributed by atoms with Crippen LogP contribution in [-0.2, 0) is 14.8 Å². The van der Waals surface area contributed by atoms with Crippen molar-refractivity contribution in [3.8, 4) is 0 Å². The van der Waals surface area contributed by atoms with E-state index < -0.39 is 14.9 Å². The molecule has 1 aliphatic rings. The Labute approximate surface area is 171 Å². The first-order valence-corrected chi connectivity index (χ1v) is 10.9. The zero-order chi connectivity index (χ0) is 20.3. The quantitative estimate of drug-likeness (QED) is 0.512. The van der Waals surface area contributed by atoms with E-state index in [1.54, 1.807) is 0 Å². The van der Waals surface area contributed by atoms with Crippen LogP contribution in [0.3, 0.4) is 0 Å². The lowest BCUT2D eigenvalue weighted by Crippen LogP contribution is -2.40. The molecular formula is C18H20BrN3O5S. The van der Waals surface area contributed by atoms with Gasteiger partial charge in [0.05, 0.1) is 23.8 Å². The number of rotatable bonds is 6. The molecule has 0 saturated carbocycles. The molecule has 1 atom stereocenters. The van der Waals surface area contributed by atoms with Crippen LogP contribution in [0.1, 0.15) is 18.5 Å². The van der Waals surface area contributed by atoms with Crippen molar-refractivity contribution < 1.29 is 18.1 Å². The van der Waals surface area contributed by atoms with Gasteiger partial charge >= 0.3 is 0 Å². The van der Waals surface area contributed by atoms with Crippen LogP contribution in [0.25, 0.3) is 0 Å². The average molecular weight is 470 g/mol. The molecule has 28 heavy (non-hydrogen) atoms. The molecule has 0 aromatic heterocycles. The van der Waals surface area contributed by atoms with Crippen molar-refractivity contribution >= 4 is 37.3 Å². The highest BCUT2D eigenvalue weighted by molar-refractivity contribution is 9.10. The first kappa shape index (κ1) is 20.7.